The van der Waals surface area contributed by atoms with Crippen LogP contribution in [0.5, 0.6) is 0 Å². The van der Waals surface area contributed by atoms with Gasteiger partial charge in [-0.05, 0) is 55.0 Å². The number of carbonyl (C=O) groups excluding carboxylic acids is 1. The molecule has 170 valence electrons. The Morgan fingerprint density at radius 3 is 2.41 bits per heavy atom. The zero-order valence-electron chi connectivity index (χ0n) is 17.6. The van der Waals surface area contributed by atoms with Gasteiger partial charge in [-0.2, -0.15) is 0 Å². The van der Waals surface area contributed by atoms with Gasteiger partial charge < -0.3 is 14.5 Å². The first-order chi connectivity index (χ1) is 15.4. The second kappa shape index (κ2) is 9.60. The maximum atomic E-state index is 13.5. The highest BCUT2D eigenvalue weighted by Crippen LogP contribution is 2.33. The van der Waals surface area contributed by atoms with E-state index in [1.54, 1.807) is 23.1 Å². The van der Waals surface area contributed by atoms with E-state index in [2.05, 4.69) is 0 Å². The fraction of sp³-hybridized carbons (Fsp3) is 0.435. The Kier molecular flexibility index (Phi) is 6.64. The molecule has 0 aliphatic carbocycles. The Morgan fingerprint density at radius 1 is 1.03 bits per heavy atom. The van der Waals surface area contributed by atoms with Crippen molar-refractivity contribution in [2.45, 2.75) is 19.3 Å². The summed E-state index contributed by atoms with van der Waals surface area (Å²) in [4.78, 5) is 27.6. The lowest BCUT2D eigenvalue weighted by atomic mass is 9.90. The van der Waals surface area contributed by atoms with Gasteiger partial charge in [0.05, 0.1) is 18.1 Å². The van der Waals surface area contributed by atoms with E-state index in [1.807, 2.05) is 4.90 Å². The molecule has 2 aromatic carbocycles. The summed E-state index contributed by atoms with van der Waals surface area (Å²) in [7, 11) is 0. The third-order valence-electron chi connectivity index (χ3n) is 6.18. The van der Waals surface area contributed by atoms with Crippen LogP contribution in [0.15, 0.2) is 36.4 Å². The van der Waals surface area contributed by atoms with Crippen molar-refractivity contribution in [1.82, 2.24) is 4.90 Å². The number of nitrogens with zero attached hydrogens (tertiary/aromatic N) is 3. The number of nitro benzene ring substituents is 1. The van der Waals surface area contributed by atoms with E-state index < -0.39 is 16.6 Å². The summed E-state index contributed by atoms with van der Waals surface area (Å²) in [6.45, 7) is 3.11. The molecular weight excluding hydrogens is 420 g/mol. The van der Waals surface area contributed by atoms with E-state index in [4.69, 9.17) is 4.74 Å². The normalized spacial score (nSPS) is 17.4. The van der Waals surface area contributed by atoms with Crippen LogP contribution in [-0.4, -0.2) is 55.1 Å². The van der Waals surface area contributed by atoms with Crippen LogP contribution in [0.2, 0.25) is 0 Å². The number of morpholine rings is 1. The van der Waals surface area contributed by atoms with Gasteiger partial charge in [0.2, 0.25) is 0 Å². The minimum Gasteiger partial charge on any atom is -0.378 e. The van der Waals surface area contributed by atoms with Crippen LogP contribution in [0, 0.1) is 27.7 Å². The first-order valence-electron chi connectivity index (χ1n) is 10.8. The van der Waals surface area contributed by atoms with E-state index in [1.165, 1.54) is 12.1 Å². The zero-order chi connectivity index (χ0) is 22.7. The van der Waals surface area contributed by atoms with Gasteiger partial charge in [-0.3, -0.25) is 14.9 Å². The predicted molar refractivity (Wildman–Crippen MR) is 115 cm³/mol. The maximum Gasteiger partial charge on any atom is 0.293 e. The number of carbonyl (C=O) groups is 1. The third-order valence-corrected chi connectivity index (χ3v) is 6.18. The topological polar surface area (TPSA) is 75.9 Å². The summed E-state index contributed by atoms with van der Waals surface area (Å²) < 4.78 is 31.9. The number of piperidine rings is 1. The van der Waals surface area contributed by atoms with E-state index in [9.17, 15) is 23.7 Å². The monoisotopic (exact) mass is 445 g/mol. The molecule has 4 rings (SSSR count). The first-order valence-corrected chi connectivity index (χ1v) is 10.8. The molecule has 0 bridgehead atoms. The smallest absolute Gasteiger partial charge is 0.293 e. The highest BCUT2D eigenvalue weighted by Gasteiger charge is 2.27. The van der Waals surface area contributed by atoms with Crippen LogP contribution in [0.1, 0.15) is 28.8 Å². The van der Waals surface area contributed by atoms with Crippen molar-refractivity contribution in [2.75, 3.05) is 44.3 Å². The van der Waals surface area contributed by atoms with Crippen molar-refractivity contribution >= 4 is 17.3 Å². The Balaban J connectivity index is 1.43. The number of amides is 1. The summed E-state index contributed by atoms with van der Waals surface area (Å²) in [5.74, 6) is -1.64. The van der Waals surface area contributed by atoms with Gasteiger partial charge in [-0.1, -0.05) is 6.07 Å². The van der Waals surface area contributed by atoms with Crippen molar-refractivity contribution < 1.29 is 23.2 Å². The standard InChI is InChI=1S/C23H25F2N3O4/c24-19-3-1-17(14-20(19)25)13-16-5-7-26(8-6-16)21-4-2-18(15-22(21)28(30)31)23(29)27-9-11-32-12-10-27/h1-4,14-16H,5-13H2. The lowest BCUT2D eigenvalue weighted by Gasteiger charge is -2.33. The Hall–Kier alpha value is -3.07. The number of nitro groups is 1. The van der Waals surface area contributed by atoms with Gasteiger partial charge in [0, 0.05) is 37.8 Å². The van der Waals surface area contributed by atoms with Crippen molar-refractivity contribution in [2.24, 2.45) is 5.92 Å². The van der Waals surface area contributed by atoms with Crippen LogP contribution in [0.3, 0.4) is 0 Å². The van der Waals surface area contributed by atoms with E-state index in [-0.39, 0.29) is 17.5 Å². The van der Waals surface area contributed by atoms with E-state index in [0.29, 0.717) is 57.1 Å². The van der Waals surface area contributed by atoms with Crippen LogP contribution in [-0.2, 0) is 11.2 Å². The molecular formula is C23H25F2N3O4. The average Bonchev–Trinajstić information content (AvgIpc) is 2.81. The van der Waals surface area contributed by atoms with Crippen LogP contribution >= 0.6 is 0 Å². The molecule has 0 unspecified atom stereocenters. The molecule has 32 heavy (non-hydrogen) atoms. The maximum absolute atomic E-state index is 13.5. The number of halogens is 2. The van der Waals surface area contributed by atoms with Crippen molar-refractivity contribution in [3.8, 4) is 0 Å². The molecule has 0 radical (unpaired) electrons. The van der Waals surface area contributed by atoms with Crippen molar-refractivity contribution in [1.29, 1.82) is 0 Å². The molecule has 0 aromatic heterocycles. The number of benzene rings is 2. The average molecular weight is 445 g/mol. The van der Waals surface area contributed by atoms with Crippen molar-refractivity contribution in [3.05, 3.63) is 69.3 Å². The summed E-state index contributed by atoms with van der Waals surface area (Å²) in [6.07, 6.45) is 2.20. The second-order valence-corrected chi connectivity index (χ2v) is 8.25. The fourth-order valence-corrected chi connectivity index (χ4v) is 4.40. The SMILES string of the molecule is O=C(c1ccc(N2CCC(Cc3ccc(F)c(F)c3)CC2)c([N+](=O)[O-])c1)N1CCOCC1. The minimum atomic E-state index is -0.855. The van der Waals surface area contributed by atoms with Crippen LogP contribution in [0.25, 0.3) is 0 Å². The van der Waals surface area contributed by atoms with Gasteiger partial charge in [-0.25, -0.2) is 8.78 Å². The molecule has 2 aliphatic rings. The second-order valence-electron chi connectivity index (χ2n) is 8.25. The molecule has 2 aliphatic heterocycles. The summed E-state index contributed by atoms with van der Waals surface area (Å²) in [5, 5.41) is 11.7. The Bertz CT molecular complexity index is 1000. The lowest BCUT2D eigenvalue weighted by Crippen LogP contribution is -2.40. The Labute approximate surface area is 184 Å². The molecule has 2 aromatic rings. The highest BCUT2D eigenvalue weighted by atomic mass is 19.2. The van der Waals surface area contributed by atoms with E-state index in [0.717, 1.165) is 24.5 Å². The summed E-state index contributed by atoms with van der Waals surface area (Å²) >= 11 is 0. The fourth-order valence-electron chi connectivity index (χ4n) is 4.40. The minimum absolute atomic E-state index is 0.0804. The number of hydrogen-bond donors (Lipinski definition) is 0. The largest absolute Gasteiger partial charge is 0.378 e. The molecule has 2 heterocycles. The van der Waals surface area contributed by atoms with Gasteiger partial charge in [0.15, 0.2) is 11.6 Å². The molecule has 7 nitrogen and oxygen atoms in total. The Morgan fingerprint density at radius 2 is 1.75 bits per heavy atom. The molecule has 0 atom stereocenters. The highest BCUT2D eigenvalue weighted by molar-refractivity contribution is 5.96. The van der Waals surface area contributed by atoms with Crippen LogP contribution in [0.4, 0.5) is 20.2 Å². The van der Waals surface area contributed by atoms with Crippen molar-refractivity contribution in [3.63, 3.8) is 0 Å². The van der Waals surface area contributed by atoms with Gasteiger partial charge in [-0.15, -0.1) is 0 Å². The van der Waals surface area contributed by atoms with Gasteiger partial charge in [0.25, 0.3) is 11.6 Å². The number of anilines is 1. The van der Waals surface area contributed by atoms with Crippen LogP contribution < -0.4 is 4.90 Å². The number of ether oxygens (including phenoxy) is 1. The molecule has 9 heteroatoms. The molecule has 2 fully saturated rings. The zero-order valence-corrected chi connectivity index (χ0v) is 17.6. The predicted octanol–water partition coefficient (Wildman–Crippen LogP) is 3.80. The molecule has 1 amide bonds. The molecule has 0 spiro atoms. The number of hydrogen-bond acceptors (Lipinski definition) is 5. The quantitative estimate of drug-likeness (QED) is 0.517. The summed E-state index contributed by atoms with van der Waals surface area (Å²) in [5.41, 5.74) is 1.47. The first kappa shape index (κ1) is 22.1. The van der Waals surface area contributed by atoms with Gasteiger partial charge in [0.1, 0.15) is 5.69 Å². The summed E-state index contributed by atoms with van der Waals surface area (Å²) in [6, 6.07) is 8.63. The van der Waals surface area contributed by atoms with Gasteiger partial charge >= 0.3 is 0 Å². The third kappa shape index (κ3) is 4.88. The van der Waals surface area contributed by atoms with E-state index >= 15 is 0 Å². The molecule has 0 saturated carbocycles. The lowest BCUT2D eigenvalue weighted by molar-refractivity contribution is -0.384. The molecule has 0 N–H and O–H groups in total. The molecule has 2 saturated heterocycles. The number of rotatable bonds is 5.